The summed E-state index contributed by atoms with van der Waals surface area (Å²) in [6.45, 7) is 0.0491. The quantitative estimate of drug-likeness (QED) is 0.464. The van der Waals surface area contributed by atoms with Crippen molar-refractivity contribution >= 4 is 68.2 Å². The van der Waals surface area contributed by atoms with E-state index in [4.69, 9.17) is 34.8 Å². The average Bonchev–Trinajstić information content (AvgIpc) is 2.60. The molecule has 2 aromatic rings. The Labute approximate surface area is 178 Å². The number of carbonyl (C=O) groups is 1. The minimum atomic E-state index is -3.67. The molecule has 27 heavy (non-hydrogen) atoms. The third-order valence-electron chi connectivity index (χ3n) is 3.39. The molecule has 0 aliphatic carbocycles. The van der Waals surface area contributed by atoms with Gasteiger partial charge in [-0.1, -0.05) is 34.8 Å². The Morgan fingerprint density at radius 1 is 1.07 bits per heavy atom. The second-order valence-electron chi connectivity index (χ2n) is 5.52. The Bertz CT molecular complexity index is 906. The molecule has 2 aromatic carbocycles. The van der Waals surface area contributed by atoms with Gasteiger partial charge in [0.1, 0.15) is 6.54 Å². The second-order valence-corrected chi connectivity index (χ2v) is 9.85. The number of benzene rings is 2. The van der Waals surface area contributed by atoms with Gasteiger partial charge in [-0.25, -0.2) is 8.42 Å². The molecule has 0 aliphatic heterocycles. The van der Waals surface area contributed by atoms with Crippen LogP contribution in [0.2, 0.25) is 15.1 Å². The van der Waals surface area contributed by atoms with Crippen molar-refractivity contribution in [3.63, 3.8) is 0 Å². The number of nitrogens with one attached hydrogen (secondary N) is 1. The van der Waals surface area contributed by atoms with Crippen LogP contribution in [0.5, 0.6) is 0 Å². The van der Waals surface area contributed by atoms with E-state index in [-0.39, 0.29) is 17.3 Å². The summed E-state index contributed by atoms with van der Waals surface area (Å²) in [4.78, 5) is 13.2. The Kier molecular flexibility index (Phi) is 8.12. The number of nitrogens with zero attached hydrogens (tertiary/aromatic N) is 1. The smallest absolute Gasteiger partial charge is 0.240 e. The van der Waals surface area contributed by atoms with Crippen LogP contribution in [0, 0.1) is 0 Å². The van der Waals surface area contributed by atoms with E-state index >= 15 is 0 Å². The largest absolute Gasteiger partial charge is 0.354 e. The SMILES string of the molecule is CS(=O)(=O)N(CC(=O)NCCSc1ccc(Cl)cc1)c1ccc(Cl)c(Cl)c1. The fraction of sp³-hybridized carbons (Fsp3) is 0.235. The lowest BCUT2D eigenvalue weighted by Crippen LogP contribution is -2.41. The predicted octanol–water partition coefficient (Wildman–Crippen LogP) is 4.32. The third kappa shape index (κ3) is 7.08. The zero-order chi connectivity index (χ0) is 20.0. The average molecular weight is 468 g/mol. The lowest BCUT2D eigenvalue weighted by Gasteiger charge is -2.22. The Morgan fingerprint density at radius 2 is 1.74 bits per heavy atom. The van der Waals surface area contributed by atoms with Gasteiger partial charge in [0, 0.05) is 22.2 Å². The molecule has 0 saturated carbocycles. The molecule has 2 rings (SSSR count). The topological polar surface area (TPSA) is 66.5 Å². The molecule has 146 valence electrons. The lowest BCUT2D eigenvalue weighted by atomic mass is 10.3. The van der Waals surface area contributed by atoms with Crippen molar-refractivity contribution in [1.29, 1.82) is 0 Å². The highest BCUT2D eigenvalue weighted by Gasteiger charge is 2.21. The van der Waals surface area contributed by atoms with E-state index in [1.54, 1.807) is 23.9 Å². The number of hydrogen-bond acceptors (Lipinski definition) is 4. The van der Waals surface area contributed by atoms with Crippen molar-refractivity contribution < 1.29 is 13.2 Å². The van der Waals surface area contributed by atoms with Gasteiger partial charge in [0.2, 0.25) is 15.9 Å². The van der Waals surface area contributed by atoms with E-state index < -0.39 is 15.9 Å². The summed E-state index contributed by atoms with van der Waals surface area (Å²) >= 11 is 19.2. The normalized spacial score (nSPS) is 11.3. The molecule has 0 heterocycles. The molecule has 0 aliphatic rings. The molecular formula is C17H17Cl3N2O3S2. The van der Waals surface area contributed by atoms with Crippen molar-refractivity contribution in [2.24, 2.45) is 0 Å². The summed E-state index contributed by atoms with van der Waals surface area (Å²) in [6.07, 6.45) is 1.03. The first-order valence-electron chi connectivity index (χ1n) is 7.74. The maximum Gasteiger partial charge on any atom is 0.240 e. The van der Waals surface area contributed by atoms with Crippen molar-refractivity contribution in [3.05, 3.63) is 57.5 Å². The zero-order valence-electron chi connectivity index (χ0n) is 14.3. The molecule has 0 spiro atoms. The van der Waals surface area contributed by atoms with Gasteiger partial charge in [-0.05, 0) is 42.5 Å². The highest BCUT2D eigenvalue weighted by atomic mass is 35.5. The standard InChI is InChI=1S/C17H17Cl3N2O3S2/c1-27(24,25)22(13-4-7-15(19)16(20)10-13)11-17(23)21-8-9-26-14-5-2-12(18)3-6-14/h2-7,10H,8-9,11H2,1H3,(H,21,23). The van der Waals surface area contributed by atoms with Crippen LogP contribution in [0.4, 0.5) is 5.69 Å². The molecule has 5 nitrogen and oxygen atoms in total. The van der Waals surface area contributed by atoms with Crippen LogP contribution in [-0.4, -0.2) is 39.4 Å². The van der Waals surface area contributed by atoms with Gasteiger partial charge in [0.25, 0.3) is 0 Å². The van der Waals surface area contributed by atoms with Crippen molar-refractivity contribution in [2.45, 2.75) is 4.90 Å². The lowest BCUT2D eigenvalue weighted by molar-refractivity contribution is -0.119. The number of carbonyl (C=O) groups excluding carboxylic acids is 1. The zero-order valence-corrected chi connectivity index (χ0v) is 18.2. The van der Waals surface area contributed by atoms with Gasteiger partial charge >= 0.3 is 0 Å². The van der Waals surface area contributed by atoms with Gasteiger partial charge in [0.15, 0.2) is 0 Å². The number of thioether (sulfide) groups is 1. The van der Waals surface area contributed by atoms with E-state index in [0.717, 1.165) is 15.5 Å². The van der Waals surface area contributed by atoms with E-state index in [1.165, 1.54) is 18.2 Å². The van der Waals surface area contributed by atoms with E-state index in [0.29, 0.717) is 22.3 Å². The molecular weight excluding hydrogens is 451 g/mol. The van der Waals surface area contributed by atoms with Crippen molar-refractivity contribution in [3.8, 4) is 0 Å². The van der Waals surface area contributed by atoms with Gasteiger partial charge in [-0.2, -0.15) is 0 Å². The molecule has 0 fully saturated rings. The first kappa shape index (κ1) is 22.2. The third-order valence-corrected chi connectivity index (χ3v) is 6.53. The summed E-state index contributed by atoms with van der Waals surface area (Å²) in [5.74, 6) is 0.224. The Morgan fingerprint density at radius 3 is 2.33 bits per heavy atom. The minimum Gasteiger partial charge on any atom is -0.354 e. The minimum absolute atomic E-state index is 0.211. The molecule has 10 heteroatoms. The highest BCUT2D eigenvalue weighted by Crippen LogP contribution is 2.28. The summed E-state index contributed by atoms with van der Waals surface area (Å²) in [7, 11) is -3.67. The highest BCUT2D eigenvalue weighted by molar-refractivity contribution is 7.99. The fourth-order valence-corrected chi connectivity index (χ4v) is 4.15. The number of rotatable bonds is 8. The maximum absolute atomic E-state index is 12.2. The second kappa shape index (κ2) is 9.89. The molecule has 0 unspecified atom stereocenters. The summed E-state index contributed by atoms with van der Waals surface area (Å²) < 4.78 is 25.1. The molecule has 0 aromatic heterocycles. The number of hydrogen-bond donors (Lipinski definition) is 1. The van der Waals surface area contributed by atoms with Gasteiger partial charge < -0.3 is 5.32 Å². The van der Waals surface area contributed by atoms with Gasteiger partial charge in [-0.15, -0.1) is 11.8 Å². The predicted molar refractivity (Wildman–Crippen MR) is 114 cm³/mol. The first-order valence-corrected chi connectivity index (χ1v) is 11.7. The van der Waals surface area contributed by atoms with Crippen LogP contribution >= 0.6 is 46.6 Å². The number of anilines is 1. The summed E-state index contributed by atoms with van der Waals surface area (Å²) in [5.41, 5.74) is 0.276. The Hall–Kier alpha value is -1.12. The van der Waals surface area contributed by atoms with Crippen molar-refractivity contribution in [1.82, 2.24) is 5.32 Å². The molecule has 1 N–H and O–H groups in total. The van der Waals surface area contributed by atoms with Crippen LogP contribution in [0.15, 0.2) is 47.4 Å². The first-order chi connectivity index (χ1) is 12.7. The van der Waals surface area contributed by atoms with Crippen LogP contribution in [0.1, 0.15) is 0 Å². The summed E-state index contributed by atoms with van der Waals surface area (Å²) in [6, 6.07) is 11.8. The van der Waals surface area contributed by atoms with Crippen LogP contribution < -0.4 is 9.62 Å². The van der Waals surface area contributed by atoms with Crippen LogP contribution in [-0.2, 0) is 14.8 Å². The summed E-state index contributed by atoms with van der Waals surface area (Å²) in [5, 5.41) is 3.89. The molecule has 0 bridgehead atoms. The number of halogens is 3. The monoisotopic (exact) mass is 466 g/mol. The van der Waals surface area contributed by atoms with Gasteiger partial charge in [-0.3, -0.25) is 9.10 Å². The fourth-order valence-electron chi connectivity index (χ4n) is 2.12. The molecule has 1 amide bonds. The molecule has 0 atom stereocenters. The van der Waals surface area contributed by atoms with Crippen LogP contribution in [0.25, 0.3) is 0 Å². The van der Waals surface area contributed by atoms with Crippen LogP contribution in [0.3, 0.4) is 0 Å². The van der Waals surface area contributed by atoms with E-state index in [9.17, 15) is 13.2 Å². The molecule has 0 saturated heterocycles. The van der Waals surface area contributed by atoms with Crippen molar-refractivity contribution in [2.75, 3.05) is 29.4 Å². The number of sulfonamides is 1. The Balaban J connectivity index is 1.92. The number of amides is 1. The molecule has 0 radical (unpaired) electrons. The van der Waals surface area contributed by atoms with Gasteiger partial charge in [0.05, 0.1) is 22.0 Å². The van der Waals surface area contributed by atoms with E-state index in [2.05, 4.69) is 5.32 Å². The van der Waals surface area contributed by atoms with E-state index in [1.807, 2.05) is 12.1 Å². The maximum atomic E-state index is 12.2.